The topological polar surface area (TPSA) is 52.5 Å². The lowest BCUT2D eigenvalue weighted by molar-refractivity contribution is 0.637. The molecule has 1 aromatic heterocycles. The summed E-state index contributed by atoms with van der Waals surface area (Å²) in [5.74, 6) is -0.467. The Balaban J connectivity index is 2.86. The minimum Gasteiger partial charge on any atom is -0.344 e. The van der Waals surface area contributed by atoms with Crippen LogP contribution in [0.5, 0.6) is 0 Å². The molecule has 0 unspecified atom stereocenters. The highest BCUT2D eigenvalue weighted by atomic mass is 19.1. The molecule has 0 aliphatic carbocycles. The number of rotatable bonds is 0. The molecule has 4 heteroatoms. The number of hydrogen-bond donors (Lipinski definition) is 1. The van der Waals surface area contributed by atoms with Crippen molar-refractivity contribution in [2.45, 2.75) is 0 Å². The minimum absolute atomic E-state index is 0.272. The lowest BCUT2D eigenvalue weighted by atomic mass is 10.2. The number of benzene rings is 1. The summed E-state index contributed by atoms with van der Waals surface area (Å²) in [7, 11) is 0. The van der Waals surface area contributed by atoms with E-state index in [-0.39, 0.29) is 5.52 Å². The summed E-state index contributed by atoms with van der Waals surface area (Å²) in [6, 6.07) is 4.59. The van der Waals surface area contributed by atoms with E-state index < -0.39 is 5.82 Å². The van der Waals surface area contributed by atoms with E-state index in [1.165, 1.54) is 12.4 Å². The van der Waals surface area contributed by atoms with Gasteiger partial charge in [0.1, 0.15) is 5.52 Å². The molecule has 0 saturated carbocycles. The zero-order valence-electron chi connectivity index (χ0n) is 6.00. The average molecular weight is 161 g/mol. The highest BCUT2D eigenvalue weighted by molar-refractivity contribution is 5.76. The predicted octanol–water partition coefficient (Wildman–Crippen LogP) is 1.57. The first-order valence-corrected chi connectivity index (χ1v) is 3.34. The van der Waals surface area contributed by atoms with Crippen LogP contribution in [0, 0.1) is 17.1 Å². The molecule has 0 radical (unpaired) electrons. The second-order valence-electron chi connectivity index (χ2n) is 2.37. The maximum absolute atomic E-state index is 13.0. The highest BCUT2D eigenvalue weighted by Crippen LogP contribution is 2.15. The monoisotopic (exact) mass is 161 g/mol. The van der Waals surface area contributed by atoms with E-state index in [2.05, 4.69) is 9.97 Å². The molecular formula is C8H4FN3. The number of imidazole rings is 1. The van der Waals surface area contributed by atoms with Gasteiger partial charge in [0.05, 0.1) is 23.5 Å². The van der Waals surface area contributed by atoms with E-state index in [1.807, 2.05) is 6.07 Å². The van der Waals surface area contributed by atoms with Crippen LogP contribution in [0.4, 0.5) is 4.39 Å². The standard InChI is InChI=1S/C8H4FN3/c9-6-1-5(3-10)2-7-8(6)12-4-11-7/h1-2,4H,(H,11,12). The van der Waals surface area contributed by atoms with Gasteiger partial charge in [-0.2, -0.15) is 5.26 Å². The Hall–Kier alpha value is -1.89. The molecule has 0 aliphatic heterocycles. The van der Waals surface area contributed by atoms with Crippen molar-refractivity contribution in [2.24, 2.45) is 0 Å². The van der Waals surface area contributed by atoms with Crippen molar-refractivity contribution in [3.05, 3.63) is 29.8 Å². The summed E-state index contributed by atoms with van der Waals surface area (Å²) in [5, 5.41) is 8.51. The van der Waals surface area contributed by atoms with E-state index in [0.29, 0.717) is 11.1 Å². The van der Waals surface area contributed by atoms with E-state index in [9.17, 15) is 4.39 Å². The largest absolute Gasteiger partial charge is 0.344 e. The van der Waals surface area contributed by atoms with Gasteiger partial charge in [-0.3, -0.25) is 0 Å². The van der Waals surface area contributed by atoms with Gasteiger partial charge in [0.25, 0.3) is 0 Å². The van der Waals surface area contributed by atoms with Crippen molar-refractivity contribution < 1.29 is 4.39 Å². The minimum atomic E-state index is -0.467. The molecule has 2 aromatic rings. The molecule has 0 saturated heterocycles. The number of hydrogen-bond acceptors (Lipinski definition) is 2. The Morgan fingerprint density at radius 3 is 3.08 bits per heavy atom. The van der Waals surface area contributed by atoms with Crippen LogP contribution < -0.4 is 0 Å². The Bertz CT molecular complexity index is 467. The van der Waals surface area contributed by atoms with Gasteiger partial charge in [-0.1, -0.05) is 0 Å². The van der Waals surface area contributed by atoms with Crippen LogP contribution in [0.2, 0.25) is 0 Å². The van der Waals surface area contributed by atoms with Crippen LogP contribution >= 0.6 is 0 Å². The van der Waals surface area contributed by atoms with Gasteiger partial charge in [-0.25, -0.2) is 9.37 Å². The number of aromatic nitrogens is 2. The zero-order valence-corrected chi connectivity index (χ0v) is 6.00. The second-order valence-corrected chi connectivity index (χ2v) is 2.37. The molecule has 2 rings (SSSR count). The van der Waals surface area contributed by atoms with Crippen molar-refractivity contribution in [3.8, 4) is 6.07 Å². The fraction of sp³-hybridized carbons (Fsp3) is 0. The third-order valence-corrected chi connectivity index (χ3v) is 1.61. The van der Waals surface area contributed by atoms with Crippen LogP contribution in [0.3, 0.4) is 0 Å². The van der Waals surface area contributed by atoms with E-state index in [1.54, 1.807) is 6.07 Å². The van der Waals surface area contributed by atoms with Crippen molar-refractivity contribution in [3.63, 3.8) is 0 Å². The van der Waals surface area contributed by atoms with Gasteiger partial charge in [0.15, 0.2) is 5.82 Å². The van der Waals surface area contributed by atoms with Gasteiger partial charge in [-0.05, 0) is 12.1 Å². The molecule has 1 aromatic carbocycles. The van der Waals surface area contributed by atoms with Crippen molar-refractivity contribution in [1.29, 1.82) is 5.26 Å². The normalized spacial score (nSPS) is 10.0. The molecule has 0 atom stereocenters. The van der Waals surface area contributed by atoms with Crippen LogP contribution in [-0.4, -0.2) is 9.97 Å². The molecule has 0 fully saturated rings. The van der Waals surface area contributed by atoms with Gasteiger partial charge in [0.2, 0.25) is 0 Å². The number of nitrogens with one attached hydrogen (secondary N) is 1. The average Bonchev–Trinajstić information content (AvgIpc) is 2.52. The molecule has 0 bridgehead atoms. The van der Waals surface area contributed by atoms with Crippen molar-refractivity contribution >= 4 is 11.0 Å². The van der Waals surface area contributed by atoms with Gasteiger partial charge < -0.3 is 4.98 Å². The molecule has 0 aliphatic rings. The quantitative estimate of drug-likeness (QED) is 0.637. The van der Waals surface area contributed by atoms with E-state index in [0.717, 1.165) is 0 Å². The Kier molecular flexibility index (Phi) is 1.31. The molecule has 0 amide bonds. The summed E-state index contributed by atoms with van der Waals surface area (Å²) < 4.78 is 13.0. The van der Waals surface area contributed by atoms with E-state index in [4.69, 9.17) is 5.26 Å². The lowest BCUT2D eigenvalue weighted by Crippen LogP contribution is -1.81. The van der Waals surface area contributed by atoms with Crippen LogP contribution in [0.1, 0.15) is 5.56 Å². The summed E-state index contributed by atoms with van der Waals surface area (Å²) in [5.41, 5.74) is 1.12. The number of fused-ring (bicyclic) bond motifs is 1. The maximum atomic E-state index is 13.0. The molecule has 12 heavy (non-hydrogen) atoms. The Labute approximate surface area is 67.5 Å². The fourth-order valence-corrected chi connectivity index (χ4v) is 1.07. The molecule has 1 heterocycles. The van der Waals surface area contributed by atoms with Gasteiger partial charge >= 0.3 is 0 Å². The zero-order chi connectivity index (χ0) is 8.55. The molecule has 0 spiro atoms. The van der Waals surface area contributed by atoms with Crippen molar-refractivity contribution in [2.75, 3.05) is 0 Å². The first kappa shape index (κ1) is 6.80. The summed E-state index contributed by atoms with van der Waals surface area (Å²) in [4.78, 5) is 6.49. The number of nitriles is 1. The smallest absolute Gasteiger partial charge is 0.152 e. The molecule has 1 N–H and O–H groups in total. The van der Waals surface area contributed by atoms with Gasteiger partial charge in [-0.15, -0.1) is 0 Å². The molecule has 3 nitrogen and oxygen atoms in total. The third kappa shape index (κ3) is 0.839. The predicted molar refractivity (Wildman–Crippen MR) is 40.8 cm³/mol. The SMILES string of the molecule is N#Cc1cc(F)c2nc[nH]c2c1. The van der Waals surface area contributed by atoms with Crippen molar-refractivity contribution in [1.82, 2.24) is 9.97 Å². The van der Waals surface area contributed by atoms with E-state index >= 15 is 0 Å². The molecule has 58 valence electrons. The van der Waals surface area contributed by atoms with Crippen LogP contribution in [-0.2, 0) is 0 Å². The summed E-state index contributed by atoms with van der Waals surface area (Å²) in [6.07, 6.45) is 1.40. The maximum Gasteiger partial charge on any atom is 0.152 e. The third-order valence-electron chi connectivity index (χ3n) is 1.61. The Morgan fingerprint density at radius 1 is 1.50 bits per heavy atom. The van der Waals surface area contributed by atoms with Crippen LogP contribution in [0.25, 0.3) is 11.0 Å². The summed E-state index contributed by atoms with van der Waals surface area (Å²) in [6.45, 7) is 0. The van der Waals surface area contributed by atoms with Crippen LogP contribution in [0.15, 0.2) is 18.5 Å². The first-order chi connectivity index (χ1) is 5.81. The number of halogens is 1. The summed E-state index contributed by atoms with van der Waals surface area (Å²) >= 11 is 0. The number of nitrogens with zero attached hydrogens (tertiary/aromatic N) is 2. The first-order valence-electron chi connectivity index (χ1n) is 3.34. The fourth-order valence-electron chi connectivity index (χ4n) is 1.07. The number of aromatic amines is 1. The lowest BCUT2D eigenvalue weighted by Gasteiger charge is -1.91. The second kappa shape index (κ2) is 2.31. The molecular weight excluding hydrogens is 157 g/mol. The Morgan fingerprint density at radius 2 is 2.33 bits per heavy atom. The highest BCUT2D eigenvalue weighted by Gasteiger charge is 2.04. The number of H-pyrrole nitrogens is 1. The van der Waals surface area contributed by atoms with Gasteiger partial charge in [0, 0.05) is 0 Å².